The van der Waals surface area contributed by atoms with Crippen LogP contribution >= 0.6 is 27.3 Å². The van der Waals surface area contributed by atoms with Crippen LogP contribution in [0.3, 0.4) is 0 Å². The van der Waals surface area contributed by atoms with E-state index in [4.69, 9.17) is 0 Å². The summed E-state index contributed by atoms with van der Waals surface area (Å²) in [7, 11) is 0. The van der Waals surface area contributed by atoms with Crippen molar-refractivity contribution < 1.29 is 0 Å². The van der Waals surface area contributed by atoms with Crippen molar-refractivity contribution in [2.75, 3.05) is 6.54 Å². The average molecular weight is 405 g/mol. The molecular weight excluding hydrogens is 384 g/mol. The number of aromatic nitrogens is 3. The van der Waals surface area contributed by atoms with Gasteiger partial charge in [0.05, 0.1) is 0 Å². The Bertz CT molecular complexity index is 823. The van der Waals surface area contributed by atoms with Crippen LogP contribution in [0.25, 0.3) is 16.3 Å². The number of rotatable bonds is 4. The Hall–Kier alpha value is -1.24. The molecule has 0 aliphatic carbocycles. The molecular formula is C18H21BrN4S. The van der Waals surface area contributed by atoms with Crippen LogP contribution in [0.2, 0.25) is 0 Å². The molecule has 0 bridgehead atoms. The number of piperidine rings is 1. The van der Waals surface area contributed by atoms with E-state index in [2.05, 4.69) is 60.7 Å². The standard InChI is InChI=1S/C18H21BrN4S/c1-2-15-5-3-4-10-22(15)11-16-12-23-17(20-21-18(23)24-16)13-6-8-14(19)9-7-13/h6-9,12,15H,2-5,10-11H2,1H3/t15-/m1/s1. The highest BCUT2D eigenvalue weighted by molar-refractivity contribution is 9.10. The number of hydrogen-bond acceptors (Lipinski definition) is 4. The maximum absolute atomic E-state index is 4.37. The first kappa shape index (κ1) is 16.2. The number of fused-ring (bicyclic) bond motifs is 1. The van der Waals surface area contributed by atoms with Crippen LogP contribution in [-0.4, -0.2) is 32.1 Å². The number of halogens is 1. The highest BCUT2D eigenvalue weighted by Crippen LogP contribution is 2.28. The van der Waals surface area contributed by atoms with Crippen molar-refractivity contribution in [2.45, 2.75) is 45.2 Å². The summed E-state index contributed by atoms with van der Waals surface area (Å²) < 4.78 is 3.21. The summed E-state index contributed by atoms with van der Waals surface area (Å²) in [5, 5.41) is 8.74. The van der Waals surface area contributed by atoms with Gasteiger partial charge in [0.15, 0.2) is 5.82 Å². The lowest BCUT2D eigenvalue weighted by atomic mass is 10.0. The van der Waals surface area contributed by atoms with Gasteiger partial charge in [0.2, 0.25) is 4.96 Å². The van der Waals surface area contributed by atoms with E-state index in [0.29, 0.717) is 0 Å². The van der Waals surface area contributed by atoms with Crippen molar-refractivity contribution in [1.82, 2.24) is 19.5 Å². The molecule has 0 N–H and O–H groups in total. The van der Waals surface area contributed by atoms with Crippen molar-refractivity contribution in [1.29, 1.82) is 0 Å². The van der Waals surface area contributed by atoms with E-state index in [0.717, 1.165) is 33.4 Å². The molecule has 126 valence electrons. The topological polar surface area (TPSA) is 33.4 Å². The lowest BCUT2D eigenvalue weighted by Crippen LogP contribution is -2.38. The molecule has 4 nitrogen and oxygen atoms in total. The molecule has 2 aromatic heterocycles. The Balaban J connectivity index is 1.61. The smallest absolute Gasteiger partial charge is 0.216 e. The molecule has 0 radical (unpaired) electrons. The molecule has 0 unspecified atom stereocenters. The van der Waals surface area contributed by atoms with E-state index in [1.54, 1.807) is 11.3 Å². The van der Waals surface area contributed by atoms with Gasteiger partial charge in [-0.1, -0.05) is 52.7 Å². The van der Waals surface area contributed by atoms with E-state index in [1.807, 2.05) is 12.1 Å². The fraction of sp³-hybridized carbons (Fsp3) is 0.444. The molecule has 1 fully saturated rings. The Morgan fingerprint density at radius 3 is 2.83 bits per heavy atom. The second kappa shape index (κ2) is 6.94. The minimum Gasteiger partial charge on any atom is -0.295 e. The van der Waals surface area contributed by atoms with Gasteiger partial charge in [-0.3, -0.25) is 9.30 Å². The fourth-order valence-corrected chi connectivity index (χ4v) is 4.76. The minimum absolute atomic E-state index is 0.734. The average Bonchev–Trinajstić information content (AvgIpc) is 3.16. The summed E-state index contributed by atoms with van der Waals surface area (Å²) in [6.45, 7) is 4.56. The molecule has 24 heavy (non-hydrogen) atoms. The minimum atomic E-state index is 0.734. The largest absolute Gasteiger partial charge is 0.295 e. The van der Waals surface area contributed by atoms with Gasteiger partial charge in [-0.15, -0.1) is 10.2 Å². The summed E-state index contributed by atoms with van der Waals surface area (Å²) >= 11 is 5.24. The number of thiazole rings is 1. The quantitative estimate of drug-likeness (QED) is 0.614. The highest BCUT2D eigenvalue weighted by atomic mass is 79.9. The monoisotopic (exact) mass is 404 g/mol. The third-order valence-electron chi connectivity index (χ3n) is 4.84. The van der Waals surface area contributed by atoms with Crippen LogP contribution in [0, 0.1) is 0 Å². The SMILES string of the molecule is CC[C@@H]1CCCCN1Cc1cn2c(-c3ccc(Br)cc3)nnc2s1. The van der Waals surface area contributed by atoms with Gasteiger partial charge in [-0.25, -0.2) is 0 Å². The second-order valence-electron chi connectivity index (χ2n) is 6.41. The van der Waals surface area contributed by atoms with Gasteiger partial charge < -0.3 is 0 Å². The summed E-state index contributed by atoms with van der Waals surface area (Å²) in [5.74, 6) is 0.922. The van der Waals surface area contributed by atoms with E-state index in [1.165, 1.54) is 37.1 Å². The zero-order chi connectivity index (χ0) is 16.5. The first-order chi connectivity index (χ1) is 11.7. The first-order valence-electron chi connectivity index (χ1n) is 8.58. The summed E-state index contributed by atoms with van der Waals surface area (Å²) in [4.78, 5) is 4.99. The molecule has 6 heteroatoms. The third-order valence-corrected chi connectivity index (χ3v) is 6.33. The predicted molar refractivity (Wildman–Crippen MR) is 102 cm³/mol. The Morgan fingerprint density at radius 2 is 2.04 bits per heavy atom. The molecule has 0 spiro atoms. The lowest BCUT2D eigenvalue weighted by Gasteiger charge is -2.34. The number of hydrogen-bond donors (Lipinski definition) is 0. The molecule has 1 atom stereocenters. The number of likely N-dealkylation sites (tertiary alicyclic amines) is 1. The van der Waals surface area contributed by atoms with Gasteiger partial charge in [0.1, 0.15) is 0 Å². The van der Waals surface area contributed by atoms with Crippen molar-refractivity contribution in [3.8, 4) is 11.4 Å². The van der Waals surface area contributed by atoms with E-state index >= 15 is 0 Å². The predicted octanol–water partition coefficient (Wildman–Crippen LogP) is 4.98. The highest BCUT2D eigenvalue weighted by Gasteiger charge is 2.22. The van der Waals surface area contributed by atoms with Crippen LogP contribution in [0.4, 0.5) is 0 Å². The number of nitrogens with zero attached hydrogens (tertiary/aromatic N) is 4. The maximum atomic E-state index is 4.37. The van der Waals surface area contributed by atoms with Crippen molar-refractivity contribution >= 4 is 32.2 Å². The molecule has 0 amide bonds. The van der Waals surface area contributed by atoms with Crippen LogP contribution in [0.15, 0.2) is 34.9 Å². The molecule has 0 saturated carbocycles. The van der Waals surface area contributed by atoms with Gasteiger partial charge >= 0.3 is 0 Å². The van der Waals surface area contributed by atoms with Crippen molar-refractivity contribution in [3.63, 3.8) is 0 Å². The van der Waals surface area contributed by atoms with E-state index in [-0.39, 0.29) is 0 Å². The molecule has 1 saturated heterocycles. The van der Waals surface area contributed by atoms with Gasteiger partial charge in [-0.2, -0.15) is 0 Å². The van der Waals surface area contributed by atoms with Crippen molar-refractivity contribution in [3.05, 3.63) is 39.8 Å². The van der Waals surface area contributed by atoms with Crippen LogP contribution < -0.4 is 0 Å². The van der Waals surface area contributed by atoms with Gasteiger partial charge in [0.25, 0.3) is 0 Å². The Kier molecular flexibility index (Phi) is 4.70. The maximum Gasteiger partial charge on any atom is 0.216 e. The van der Waals surface area contributed by atoms with Crippen LogP contribution in [-0.2, 0) is 6.54 Å². The third kappa shape index (κ3) is 3.15. The van der Waals surface area contributed by atoms with Crippen LogP contribution in [0.5, 0.6) is 0 Å². The Labute approximate surface area is 154 Å². The summed E-state index contributed by atoms with van der Waals surface area (Å²) in [6, 6.07) is 8.98. The molecule has 1 aromatic carbocycles. The van der Waals surface area contributed by atoms with Crippen LogP contribution in [0.1, 0.15) is 37.5 Å². The molecule has 3 heterocycles. The molecule has 1 aliphatic heterocycles. The first-order valence-corrected chi connectivity index (χ1v) is 10.2. The Morgan fingerprint density at radius 1 is 1.21 bits per heavy atom. The summed E-state index contributed by atoms with van der Waals surface area (Å²) in [5.41, 5.74) is 1.10. The normalized spacial score (nSPS) is 19.2. The number of benzene rings is 1. The van der Waals surface area contributed by atoms with E-state index in [9.17, 15) is 0 Å². The molecule has 4 rings (SSSR count). The van der Waals surface area contributed by atoms with Gasteiger partial charge in [0, 0.05) is 33.7 Å². The zero-order valence-electron chi connectivity index (χ0n) is 13.8. The van der Waals surface area contributed by atoms with E-state index < -0.39 is 0 Å². The lowest BCUT2D eigenvalue weighted by molar-refractivity contribution is 0.137. The second-order valence-corrected chi connectivity index (χ2v) is 8.42. The van der Waals surface area contributed by atoms with Gasteiger partial charge in [-0.05, 0) is 37.9 Å². The summed E-state index contributed by atoms with van der Waals surface area (Å²) in [6.07, 6.45) is 7.50. The zero-order valence-corrected chi connectivity index (χ0v) is 16.2. The molecule has 3 aromatic rings. The fourth-order valence-electron chi connectivity index (χ4n) is 3.55. The molecule has 1 aliphatic rings. The van der Waals surface area contributed by atoms with Crippen molar-refractivity contribution in [2.24, 2.45) is 0 Å².